The van der Waals surface area contributed by atoms with Crippen molar-refractivity contribution in [3.05, 3.63) is 0 Å². The van der Waals surface area contributed by atoms with Gasteiger partial charge in [0.2, 0.25) is 0 Å². The third kappa shape index (κ3) is 1.96. The maximum atomic E-state index is 5.30. The number of rotatable bonds is 2. The fraction of sp³-hybridized carbons (Fsp3) is 1.00. The molecule has 1 rings (SSSR count). The lowest BCUT2D eigenvalue weighted by molar-refractivity contribution is 0.183. The first-order valence-electron chi connectivity index (χ1n) is 3.93. The Hall–Kier alpha value is 0.440. The van der Waals surface area contributed by atoms with Gasteiger partial charge in [-0.05, 0) is 18.3 Å². The van der Waals surface area contributed by atoms with Crippen molar-refractivity contribution in [1.82, 2.24) is 0 Å². The van der Waals surface area contributed by atoms with Gasteiger partial charge in [0.1, 0.15) is 0 Å². The van der Waals surface area contributed by atoms with Crippen molar-refractivity contribution in [2.45, 2.75) is 25.1 Å². The summed E-state index contributed by atoms with van der Waals surface area (Å²) in [7, 11) is 0. The Morgan fingerprint density at radius 1 is 1.50 bits per heavy atom. The first kappa shape index (κ1) is 8.54. The average Bonchev–Trinajstić information content (AvgIpc) is 2.36. The van der Waals surface area contributed by atoms with E-state index in [9.17, 15) is 0 Å². The van der Waals surface area contributed by atoms with Crippen LogP contribution in [0.1, 0.15) is 20.3 Å². The Labute approximate surface area is 71.3 Å². The Kier molecular flexibility index (Phi) is 3.18. The first-order chi connectivity index (χ1) is 4.72. The Bertz CT molecular complexity index is 97.4. The molecule has 0 aromatic heterocycles. The molecule has 1 aliphatic heterocycles. The van der Waals surface area contributed by atoms with Crippen molar-refractivity contribution in [1.29, 1.82) is 0 Å². The van der Waals surface area contributed by atoms with Gasteiger partial charge in [-0.25, -0.2) is 0 Å². The molecule has 0 spiro atoms. The largest absolute Gasteiger partial charge is 0.381 e. The maximum absolute atomic E-state index is 5.30. The number of ether oxygens (including phenoxy) is 1. The van der Waals surface area contributed by atoms with E-state index in [0.717, 1.165) is 25.0 Å². The molecule has 0 saturated carbocycles. The molecule has 0 radical (unpaired) electrons. The van der Waals surface area contributed by atoms with Gasteiger partial charge in [-0.1, -0.05) is 29.8 Å². The number of hydrogen-bond donors (Lipinski definition) is 0. The molecule has 2 unspecified atom stereocenters. The normalized spacial score (nSPS) is 29.4. The summed E-state index contributed by atoms with van der Waals surface area (Å²) in [5, 5.41) is 0. The van der Waals surface area contributed by atoms with Crippen molar-refractivity contribution < 1.29 is 4.74 Å². The molecule has 0 bridgehead atoms. The van der Waals surface area contributed by atoms with Gasteiger partial charge in [-0.3, -0.25) is 0 Å². The van der Waals surface area contributed by atoms with Crippen LogP contribution in [0.3, 0.4) is 0 Å². The van der Waals surface area contributed by atoms with Gasteiger partial charge >= 0.3 is 0 Å². The van der Waals surface area contributed by atoms with E-state index >= 15 is 0 Å². The second-order valence-electron chi connectivity index (χ2n) is 3.31. The second kappa shape index (κ2) is 3.72. The molecule has 10 heavy (non-hydrogen) atoms. The maximum Gasteiger partial charge on any atom is 0.0505 e. The van der Waals surface area contributed by atoms with E-state index in [4.69, 9.17) is 4.74 Å². The highest BCUT2D eigenvalue weighted by Crippen LogP contribution is 2.27. The highest BCUT2D eigenvalue weighted by Gasteiger charge is 2.25. The van der Waals surface area contributed by atoms with E-state index < -0.39 is 0 Å². The fourth-order valence-electron chi connectivity index (χ4n) is 1.35. The summed E-state index contributed by atoms with van der Waals surface area (Å²) in [6, 6.07) is 0. The molecule has 1 saturated heterocycles. The van der Waals surface area contributed by atoms with Crippen LogP contribution in [-0.4, -0.2) is 18.0 Å². The summed E-state index contributed by atoms with van der Waals surface area (Å²) >= 11 is 3.69. The molecule has 0 aliphatic carbocycles. The summed E-state index contributed by atoms with van der Waals surface area (Å²) in [4.78, 5) is 0.648. The van der Waals surface area contributed by atoms with Gasteiger partial charge in [0.25, 0.3) is 0 Å². The smallest absolute Gasteiger partial charge is 0.0505 e. The summed E-state index contributed by atoms with van der Waals surface area (Å²) < 4.78 is 5.30. The molecule has 1 aliphatic rings. The van der Waals surface area contributed by atoms with Gasteiger partial charge in [0.05, 0.1) is 6.61 Å². The van der Waals surface area contributed by atoms with Crippen molar-refractivity contribution in [3.63, 3.8) is 0 Å². The quantitative estimate of drug-likeness (QED) is 0.632. The molecular formula is C8H15BrO. The van der Waals surface area contributed by atoms with Crippen LogP contribution >= 0.6 is 15.9 Å². The van der Waals surface area contributed by atoms with Crippen molar-refractivity contribution in [3.8, 4) is 0 Å². The van der Waals surface area contributed by atoms with Crippen molar-refractivity contribution in [2.75, 3.05) is 13.2 Å². The Morgan fingerprint density at radius 2 is 2.20 bits per heavy atom. The lowest BCUT2D eigenvalue weighted by Gasteiger charge is -2.18. The molecule has 1 fully saturated rings. The Morgan fingerprint density at radius 3 is 2.60 bits per heavy atom. The zero-order chi connectivity index (χ0) is 7.56. The number of hydrogen-bond acceptors (Lipinski definition) is 1. The molecule has 1 heterocycles. The Balaban J connectivity index is 2.32. The summed E-state index contributed by atoms with van der Waals surface area (Å²) in [5.74, 6) is 1.48. The number of halogens is 1. The van der Waals surface area contributed by atoms with Crippen LogP contribution in [0.25, 0.3) is 0 Å². The molecule has 60 valence electrons. The third-order valence-electron chi connectivity index (χ3n) is 2.05. The van der Waals surface area contributed by atoms with Crippen LogP contribution in [0.15, 0.2) is 0 Å². The van der Waals surface area contributed by atoms with E-state index in [1.165, 1.54) is 6.42 Å². The first-order valence-corrected chi connectivity index (χ1v) is 4.85. The molecular weight excluding hydrogens is 192 g/mol. The topological polar surface area (TPSA) is 9.23 Å². The zero-order valence-electron chi connectivity index (χ0n) is 6.64. The van der Waals surface area contributed by atoms with Crippen LogP contribution < -0.4 is 0 Å². The molecule has 2 atom stereocenters. The zero-order valence-corrected chi connectivity index (χ0v) is 8.23. The van der Waals surface area contributed by atoms with Gasteiger partial charge in [-0.15, -0.1) is 0 Å². The fourth-order valence-corrected chi connectivity index (χ4v) is 1.77. The number of alkyl halides is 1. The van der Waals surface area contributed by atoms with Crippen LogP contribution in [0.2, 0.25) is 0 Å². The lowest BCUT2D eigenvalue weighted by Crippen LogP contribution is -2.19. The van der Waals surface area contributed by atoms with Crippen LogP contribution in [0.5, 0.6) is 0 Å². The lowest BCUT2D eigenvalue weighted by atomic mass is 9.97. The molecule has 1 nitrogen and oxygen atoms in total. The van der Waals surface area contributed by atoms with Crippen LogP contribution in [0, 0.1) is 11.8 Å². The van der Waals surface area contributed by atoms with Gasteiger partial charge < -0.3 is 4.74 Å². The van der Waals surface area contributed by atoms with E-state index in [1.807, 2.05) is 0 Å². The second-order valence-corrected chi connectivity index (χ2v) is 4.37. The minimum Gasteiger partial charge on any atom is -0.381 e. The minimum absolute atomic E-state index is 0.648. The predicted molar refractivity (Wildman–Crippen MR) is 46.5 cm³/mol. The molecule has 0 amide bonds. The van der Waals surface area contributed by atoms with Gasteiger partial charge in [0.15, 0.2) is 0 Å². The average molecular weight is 207 g/mol. The van der Waals surface area contributed by atoms with E-state index in [1.54, 1.807) is 0 Å². The highest BCUT2D eigenvalue weighted by atomic mass is 79.9. The predicted octanol–water partition coefficient (Wildman–Crippen LogP) is 2.44. The van der Waals surface area contributed by atoms with E-state index in [2.05, 4.69) is 29.8 Å². The van der Waals surface area contributed by atoms with Crippen molar-refractivity contribution in [2.24, 2.45) is 11.8 Å². The minimum atomic E-state index is 0.648. The third-order valence-corrected chi connectivity index (χ3v) is 3.86. The molecule has 0 aromatic rings. The standard InChI is InChI=1S/C8H15BrO/c1-6(2)8(9)7-3-4-10-5-7/h6-8H,3-5H2,1-2H3. The molecule has 2 heteroatoms. The van der Waals surface area contributed by atoms with Crippen LogP contribution in [0.4, 0.5) is 0 Å². The molecule has 0 N–H and O–H groups in total. The summed E-state index contributed by atoms with van der Waals surface area (Å²) in [5.41, 5.74) is 0. The van der Waals surface area contributed by atoms with Gasteiger partial charge in [0, 0.05) is 11.4 Å². The highest BCUT2D eigenvalue weighted by molar-refractivity contribution is 9.09. The van der Waals surface area contributed by atoms with Crippen molar-refractivity contribution >= 4 is 15.9 Å². The van der Waals surface area contributed by atoms with E-state index in [0.29, 0.717) is 4.83 Å². The molecule has 0 aromatic carbocycles. The monoisotopic (exact) mass is 206 g/mol. The van der Waals surface area contributed by atoms with Gasteiger partial charge in [-0.2, -0.15) is 0 Å². The summed E-state index contributed by atoms with van der Waals surface area (Å²) in [6.07, 6.45) is 1.23. The van der Waals surface area contributed by atoms with Crippen LogP contribution in [-0.2, 0) is 4.74 Å². The SMILES string of the molecule is CC(C)C(Br)C1CCOC1. The van der Waals surface area contributed by atoms with E-state index in [-0.39, 0.29) is 0 Å². The summed E-state index contributed by atoms with van der Waals surface area (Å²) in [6.45, 7) is 6.41.